The van der Waals surface area contributed by atoms with Gasteiger partial charge in [0.2, 0.25) is 0 Å². The molecule has 3 aliphatic carbocycles. The van der Waals surface area contributed by atoms with Crippen LogP contribution in [-0.4, -0.2) is 0 Å². The predicted octanol–water partition coefficient (Wildman–Crippen LogP) is 8.99. The Labute approximate surface area is 188 Å². The molecule has 0 aliphatic heterocycles. The first-order chi connectivity index (χ1) is 15.1. The van der Waals surface area contributed by atoms with Crippen molar-refractivity contribution in [2.45, 2.75) is 103 Å². The third kappa shape index (κ3) is 5.25. The van der Waals surface area contributed by atoms with Crippen LogP contribution in [0.1, 0.15) is 108 Å². The zero-order valence-electron chi connectivity index (χ0n) is 19.7. The summed E-state index contributed by atoms with van der Waals surface area (Å²) in [7, 11) is 0. The van der Waals surface area contributed by atoms with E-state index in [4.69, 9.17) is 0 Å². The van der Waals surface area contributed by atoms with Crippen molar-refractivity contribution in [1.29, 1.82) is 0 Å². The second kappa shape index (κ2) is 10.6. The number of halogens is 2. The molecule has 0 bridgehead atoms. The average molecular weight is 429 g/mol. The topological polar surface area (TPSA) is 0 Å². The van der Waals surface area contributed by atoms with Gasteiger partial charge in [0.25, 0.3) is 0 Å². The van der Waals surface area contributed by atoms with Crippen LogP contribution in [0.25, 0.3) is 0 Å². The minimum atomic E-state index is -0.606. The molecule has 0 nitrogen and oxygen atoms in total. The van der Waals surface area contributed by atoms with Gasteiger partial charge in [0.05, 0.1) is 0 Å². The smallest absolute Gasteiger partial charge is 0.162 e. The van der Waals surface area contributed by atoms with E-state index in [0.717, 1.165) is 48.9 Å². The summed E-state index contributed by atoms with van der Waals surface area (Å²) in [6.07, 6.45) is 19.8. The molecule has 0 N–H and O–H groups in total. The lowest BCUT2D eigenvalue weighted by molar-refractivity contribution is 0.0628. The first-order valence-corrected chi connectivity index (χ1v) is 13.2. The van der Waals surface area contributed by atoms with Gasteiger partial charge < -0.3 is 0 Å². The van der Waals surface area contributed by atoms with Crippen LogP contribution in [-0.2, 0) is 6.42 Å². The van der Waals surface area contributed by atoms with Crippen molar-refractivity contribution in [3.05, 3.63) is 47.0 Å². The maximum atomic E-state index is 14.9. The molecule has 3 fully saturated rings. The van der Waals surface area contributed by atoms with E-state index in [9.17, 15) is 8.78 Å². The lowest BCUT2D eigenvalue weighted by Gasteiger charge is -2.45. The van der Waals surface area contributed by atoms with E-state index in [1.54, 1.807) is 0 Å². The van der Waals surface area contributed by atoms with Gasteiger partial charge in [-0.1, -0.05) is 44.1 Å². The second-order valence-electron chi connectivity index (χ2n) is 10.8. The highest BCUT2D eigenvalue weighted by atomic mass is 19.2. The van der Waals surface area contributed by atoms with Gasteiger partial charge in [-0.25, -0.2) is 8.78 Å². The van der Waals surface area contributed by atoms with Crippen molar-refractivity contribution in [1.82, 2.24) is 0 Å². The fraction of sp³-hybridized carbons (Fsp3) is 0.724. The first kappa shape index (κ1) is 23.0. The highest BCUT2D eigenvalue weighted by molar-refractivity contribution is 5.29. The van der Waals surface area contributed by atoms with E-state index in [-0.39, 0.29) is 5.92 Å². The van der Waals surface area contributed by atoms with Crippen molar-refractivity contribution in [2.24, 2.45) is 29.6 Å². The van der Waals surface area contributed by atoms with E-state index in [1.807, 2.05) is 31.2 Å². The molecule has 4 rings (SSSR count). The molecule has 1 aromatic carbocycles. The van der Waals surface area contributed by atoms with Gasteiger partial charge in [-0.15, -0.1) is 0 Å². The molecular formula is C29H42F2. The monoisotopic (exact) mass is 428 g/mol. The standard InChI is InChI=1S/C29H42F2/c1-3-5-6-7-23-16-17-27(29(31)28(23)30)22-12-10-21(11-13-22)25-15-14-24-18-20(4-2)8-9-26(24)19-25/h3,5,16-17,20-22,24-26H,4,6-15,18-19H2,1-2H3/b5-3+. The van der Waals surface area contributed by atoms with E-state index < -0.39 is 11.6 Å². The minimum Gasteiger partial charge on any atom is -0.203 e. The molecule has 3 aliphatic rings. The second-order valence-corrected chi connectivity index (χ2v) is 10.8. The predicted molar refractivity (Wildman–Crippen MR) is 126 cm³/mol. The number of hydrogen-bond donors (Lipinski definition) is 0. The highest BCUT2D eigenvalue weighted by Crippen LogP contribution is 2.50. The number of allylic oxidation sites excluding steroid dienone is 2. The molecule has 2 heteroatoms. The van der Waals surface area contributed by atoms with E-state index in [2.05, 4.69) is 6.92 Å². The molecule has 1 aromatic rings. The van der Waals surface area contributed by atoms with Crippen molar-refractivity contribution in [2.75, 3.05) is 0 Å². The van der Waals surface area contributed by atoms with Gasteiger partial charge in [0, 0.05) is 0 Å². The van der Waals surface area contributed by atoms with Gasteiger partial charge in [-0.05, 0) is 124 Å². The van der Waals surface area contributed by atoms with Crippen LogP contribution in [0.3, 0.4) is 0 Å². The van der Waals surface area contributed by atoms with Crippen LogP contribution in [0.2, 0.25) is 0 Å². The van der Waals surface area contributed by atoms with E-state index in [1.165, 1.54) is 57.8 Å². The molecule has 4 atom stereocenters. The minimum absolute atomic E-state index is 0.201. The lowest BCUT2D eigenvalue weighted by atomic mass is 9.60. The Bertz CT molecular complexity index is 743. The Morgan fingerprint density at radius 1 is 0.806 bits per heavy atom. The molecule has 0 aromatic heterocycles. The first-order valence-electron chi connectivity index (χ1n) is 13.2. The van der Waals surface area contributed by atoms with Crippen LogP contribution in [0.4, 0.5) is 8.78 Å². The van der Waals surface area contributed by atoms with E-state index >= 15 is 0 Å². The quantitative estimate of drug-likeness (QED) is 0.397. The van der Waals surface area contributed by atoms with Crippen molar-refractivity contribution in [3.63, 3.8) is 0 Å². The molecule has 172 valence electrons. The Balaban J connectivity index is 1.31. The summed E-state index contributed by atoms with van der Waals surface area (Å²) in [5, 5.41) is 0. The third-order valence-corrected chi connectivity index (χ3v) is 9.23. The van der Waals surface area contributed by atoms with Gasteiger partial charge in [-0.2, -0.15) is 0 Å². The Hall–Kier alpha value is -1.18. The summed E-state index contributed by atoms with van der Waals surface area (Å²) in [6.45, 7) is 4.32. The molecule has 0 saturated heterocycles. The van der Waals surface area contributed by atoms with Crippen LogP contribution < -0.4 is 0 Å². The third-order valence-electron chi connectivity index (χ3n) is 9.23. The van der Waals surface area contributed by atoms with Crippen molar-refractivity contribution >= 4 is 0 Å². The molecule has 3 saturated carbocycles. The summed E-state index contributed by atoms with van der Waals surface area (Å²) >= 11 is 0. The molecule has 0 amide bonds. The van der Waals surface area contributed by atoms with Crippen LogP contribution in [0.15, 0.2) is 24.3 Å². The van der Waals surface area contributed by atoms with Gasteiger partial charge in [0.1, 0.15) is 0 Å². The normalized spacial score (nSPS) is 34.1. The fourth-order valence-corrected chi connectivity index (χ4v) is 7.24. The molecule has 0 spiro atoms. The Morgan fingerprint density at radius 3 is 2.16 bits per heavy atom. The summed E-state index contributed by atoms with van der Waals surface area (Å²) in [4.78, 5) is 0. The Morgan fingerprint density at radius 2 is 1.45 bits per heavy atom. The van der Waals surface area contributed by atoms with Crippen LogP contribution >= 0.6 is 0 Å². The van der Waals surface area contributed by atoms with Gasteiger partial charge in [-0.3, -0.25) is 0 Å². The SMILES string of the molecule is C/C=C/CCc1ccc(C2CCC(C3CCC4CC(CC)CCC4C3)CC2)c(F)c1F. The summed E-state index contributed by atoms with van der Waals surface area (Å²) < 4.78 is 29.5. The molecule has 31 heavy (non-hydrogen) atoms. The molecule has 4 unspecified atom stereocenters. The number of aryl methyl sites for hydroxylation is 1. The molecule has 0 radical (unpaired) electrons. The van der Waals surface area contributed by atoms with Crippen LogP contribution in [0, 0.1) is 41.2 Å². The average Bonchev–Trinajstić information content (AvgIpc) is 2.81. The zero-order valence-corrected chi connectivity index (χ0v) is 19.7. The summed E-state index contributed by atoms with van der Waals surface area (Å²) in [6, 6.07) is 3.71. The number of hydrogen-bond acceptors (Lipinski definition) is 0. The number of benzene rings is 1. The summed E-state index contributed by atoms with van der Waals surface area (Å²) in [5.41, 5.74) is 1.15. The zero-order chi connectivity index (χ0) is 21.8. The fourth-order valence-electron chi connectivity index (χ4n) is 7.24. The van der Waals surface area contributed by atoms with Gasteiger partial charge in [0.15, 0.2) is 11.6 Å². The van der Waals surface area contributed by atoms with Crippen molar-refractivity contribution < 1.29 is 8.78 Å². The number of fused-ring (bicyclic) bond motifs is 1. The lowest BCUT2D eigenvalue weighted by Crippen LogP contribution is -2.34. The Kier molecular flexibility index (Phi) is 7.88. The van der Waals surface area contributed by atoms with Crippen LogP contribution in [0.5, 0.6) is 0 Å². The summed E-state index contributed by atoms with van der Waals surface area (Å²) in [5.74, 6) is 3.67. The largest absolute Gasteiger partial charge is 0.203 e. The number of rotatable bonds is 6. The maximum absolute atomic E-state index is 14.9. The highest BCUT2D eigenvalue weighted by Gasteiger charge is 2.38. The molecule has 0 heterocycles. The van der Waals surface area contributed by atoms with E-state index in [0.29, 0.717) is 17.5 Å². The van der Waals surface area contributed by atoms with Crippen molar-refractivity contribution in [3.8, 4) is 0 Å². The molecular weight excluding hydrogens is 386 g/mol. The van der Waals surface area contributed by atoms with Gasteiger partial charge >= 0.3 is 0 Å². The maximum Gasteiger partial charge on any atom is 0.162 e.